The second kappa shape index (κ2) is 7.83. The summed E-state index contributed by atoms with van der Waals surface area (Å²) < 4.78 is 33.4. The van der Waals surface area contributed by atoms with Gasteiger partial charge in [0.1, 0.15) is 4.90 Å². The summed E-state index contributed by atoms with van der Waals surface area (Å²) in [6, 6.07) is 6.80. The van der Waals surface area contributed by atoms with Crippen molar-refractivity contribution in [2.24, 2.45) is 4.40 Å². The molecule has 0 saturated carbocycles. The van der Waals surface area contributed by atoms with Crippen molar-refractivity contribution in [3.63, 3.8) is 0 Å². The molecule has 1 aliphatic rings. The van der Waals surface area contributed by atoms with E-state index in [1.165, 1.54) is 0 Å². The number of esters is 1. The number of ether oxygens (including phenoxy) is 1. The van der Waals surface area contributed by atoms with Crippen LogP contribution in [-0.2, 0) is 19.6 Å². The third-order valence-corrected chi connectivity index (χ3v) is 5.60. The van der Waals surface area contributed by atoms with E-state index in [9.17, 15) is 13.2 Å². The summed E-state index contributed by atoms with van der Waals surface area (Å²) in [5, 5.41) is 0.324. The Labute approximate surface area is 141 Å². The van der Waals surface area contributed by atoms with E-state index >= 15 is 0 Å². The summed E-state index contributed by atoms with van der Waals surface area (Å²) in [5.74, 6) is -0.348. The minimum Gasteiger partial charge on any atom is -0.465 e. The molecule has 1 heterocycles. The van der Waals surface area contributed by atoms with E-state index < -0.39 is 10.0 Å². The van der Waals surface area contributed by atoms with Crippen LogP contribution in [0, 0.1) is 0 Å². The van der Waals surface area contributed by atoms with Crippen molar-refractivity contribution >= 4 is 38.6 Å². The number of carbonyl (C=O) groups excluding carboxylic acids is 1. The highest BCUT2D eigenvalue weighted by molar-refractivity contribution is 8.15. The molecule has 1 aromatic carbocycles. The molecule has 2 rings (SSSR count). The third-order valence-electron chi connectivity index (χ3n) is 3.22. The molecule has 0 bridgehead atoms. The first-order chi connectivity index (χ1) is 11.0. The maximum Gasteiger partial charge on any atom is 0.316 e. The third kappa shape index (κ3) is 4.26. The predicted octanol–water partition coefficient (Wildman–Crippen LogP) is 2.65. The maximum atomic E-state index is 12.3. The van der Waals surface area contributed by atoms with Gasteiger partial charge in [0.25, 0.3) is 10.0 Å². The Morgan fingerprint density at radius 3 is 2.74 bits per heavy atom. The summed E-state index contributed by atoms with van der Waals surface area (Å²) in [6.45, 7) is 4.74. The zero-order valence-corrected chi connectivity index (χ0v) is 14.8. The van der Waals surface area contributed by atoms with Crippen molar-refractivity contribution in [1.29, 1.82) is 0 Å². The van der Waals surface area contributed by atoms with Crippen LogP contribution in [0.3, 0.4) is 0 Å². The number of nitrogens with zero attached hydrogens (tertiary/aromatic N) is 2. The van der Waals surface area contributed by atoms with Gasteiger partial charge in [0.2, 0.25) is 0 Å². The lowest BCUT2D eigenvalue weighted by molar-refractivity contribution is -0.139. The van der Waals surface area contributed by atoms with Gasteiger partial charge in [0.15, 0.2) is 5.17 Å². The highest BCUT2D eigenvalue weighted by Gasteiger charge is 2.30. The van der Waals surface area contributed by atoms with Gasteiger partial charge in [-0.15, -0.1) is 4.40 Å². The van der Waals surface area contributed by atoms with Crippen LogP contribution in [0.2, 0.25) is 0 Å². The summed E-state index contributed by atoms with van der Waals surface area (Å²) in [5.41, 5.74) is 0.613. The van der Waals surface area contributed by atoms with Crippen molar-refractivity contribution in [3.05, 3.63) is 24.3 Å². The molecule has 0 fully saturated rings. The zero-order chi connectivity index (χ0) is 16.9. The molecule has 0 radical (unpaired) electrons. The quantitative estimate of drug-likeness (QED) is 0.730. The van der Waals surface area contributed by atoms with Crippen molar-refractivity contribution < 1.29 is 17.9 Å². The smallest absolute Gasteiger partial charge is 0.316 e. The van der Waals surface area contributed by atoms with E-state index in [4.69, 9.17) is 4.74 Å². The number of fused-ring (bicyclic) bond motifs is 1. The summed E-state index contributed by atoms with van der Waals surface area (Å²) in [4.78, 5) is 13.6. The maximum absolute atomic E-state index is 12.3. The van der Waals surface area contributed by atoms with Gasteiger partial charge in [-0.25, -0.2) is 0 Å². The molecular formula is C15H20N2O4S2. The molecule has 1 aromatic rings. The fourth-order valence-corrected chi connectivity index (χ4v) is 4.44. The van der Waals surface area contributed by atoms with Crippen LogP contribution in [0.4, 0.5) is 5.69 Å². The molecule has 0 spiro atoms. The lowest BCUT2D eigenvalue weighted by Gasteiger charge is -2.30. The molecule has 0 amide bonds. The molecule has 0 atom stereocenters. The Bertz CT molecular complexity index is 701. The molecule has 126 valence electrons. The Balaban J connectivity index is 2.31. The predicted molar refractivity (Wildman–Crippen MR) is 92.4 cm³/mol. The van der Waals surface area contributed by atoms with E-state index in [1.54, 1.807) is 31.2 Å². The Morgan fingerprint density at radius 1 is 1.30 bits per heavy atom. The molecular weight excluding hydrogens is 336 g/mol. The van der Waals surface area contributed by atoms with E-state index in [-0.39, 0.29) is 16.6 Å². The summed E-state index contributed by atoms with van der Waals surface area (Å²) in [7, 11) is -3.74. The van der Waals surface area contributed by atoms with Gasteiger partial charge in [-0.3, -0.25) is 4.79 Å². The van der Waals surface area contributed by atoms with Crippen LogP contribution in [0.5, 0.6) is 0 Å². The van der Waals surface area contributed by atoms with Gasteiger partial charge in [0, 0.05) is 6.54 Å². The van der Waals surface area contributed by atoms with Crippen LogP contribution in [0.15, 0.2) is 33.6 Å². The van der Waals surface area contributed by atoms with E-state index in [0.717, 1.165) is 24.6 Å². The Kier molecular flexibility index (Phi) is 6.06. The Hall–Kier alpha value is -1.54. The van der Waals surface area contributed by atoms with Crippen molar-refractivity contribution in [3.8, 4) is 0 Å². The second-order valence-corrected chi connectivity index (χ2v) is 7.43. The second-order valence-electron chi connectivity index (χ2n) is 4.92. The van der Waals surface area contributed by atoms with Crippen molar-refractivity contribution in [1.82, 2.24) is 0 Å². The first kappa shape index (κ1) is 17.8. The van der Waals surface area contributed by atoms with Gasteiger partial charge in [0.05, 0.1) is 18.0 Å². The molecule has 8 heteroatoms. The van der Waals surface area contributed by atoms with Crippen LogP contribution in [-0.4, -0.2) is 38.5 Å². The molecule has 0 unspecified atom stereocenters. The standard InChI is InChI=1S/C15H20N2O4S2/c1-3-5-10-17-12-8-6-7-9-13(12)23(19,20)16-15(17)22-11-14(18)21-4-2/h6-9H,3-5,10-11H2,1-2H3. The van der Waals surface area contributed by atoms with Gasteiger partial charge in [-0.05, 0) is 25.5 Å². The first-order valence-corrected chi connectivity index (χ1v) is 9.92. The normalized spacial score (nSPS) is 15.7. The molecule has 0 aromatic heterocycles. The molecule has 0 aliphatic carbocycles. The monoisotopic (exact) mass is 356 g/mol. The van der Waals surface area contributed by atoms with Crippen LogP contribution >= 0.6 is 11.8 Å². The first-order valence-electron chi connectivity index (χ1n) is 7.49. The van der Waals surface area contributed by atoms with Crippen molar-refractivity contribution in [2.45, 2.75) is 31.6 Å². The SMILES string of the molecule is CCCCN1C(SCC(=O)OCC)=NS(=O)(=O)c2ccccc21. The number of sulfonamides is 1. The molecule has 6 nitrogen and oxygen atoms in total. The number of rotatable bonds is 6. The number of anilines is 1. The number of hydrogen-bond donors (Lipinski definition) is 0. The highest BCUT2D eigenvalue weighted by atomic mass is 32.2. The van der Waals surface area contributed by atoms with E-state index in [1.807, 2.05) is 4.90 Å². The number of benzene rings is 1. The number of hydrogen-bond acceptors (Lipinski definition) is 6. The lowest BCUT2D eigenvalue weighted by Crippen LogP contribution is -2.35. The number of unbranched alkanes of at least 4 members (excludes halogenated alkanes) is 1. The molecule has 1 aliphatic heterocycles. The molecule has 0 saturated heterocycles. The number of amidine groups is 1. The average Bonchev–Trinajstić information content (AvgIpc) is 2.52. The topological polar surface area (TPSA) is 76.0 Å². The zero-order valence-electron chi connectivity index (χ0n) is 13.2. The van der Waals surface area contributed by atoms with Gasteiger partial charge < -0.3 is 9.64 Å². The number of para-hydroxylation sites is 1. The van der Waals surface area contributed by atoms with Gasteiger partial charge in [-0.1, -0.05) is 37.2 Å². The van der Waals surface area contributed by atoms with Gasteiger partial charge >= 0.3 is 5.97 Å². The van der Waals surface area contributed by atoms with Gasteiger partial charge in [-0.2, -0.15) is 8.42 Å². The van der Waals surface area contributed by atoms with Crippen LogP contribution in [0.1, 0.15) is 26.7 Å². The number of thioether (sulfide) groups is 1. The molecule has 23 heavy (non-hydrogen) atoms. The van der Waals surface area contributed by atoms with Crippen LogP contribution < -0.4 is 4.90 Å². The number of carbonyl (C=O) groups is 1. The lowest BCUT2D eigenvalue weighted by atomic mass is 10.2. The Morgan fingerprint density at radius 2 is 2.04 bits per heavy atom. The largest absolute Gasteiger partial charge is 0.465 e. The molecule has 0 N–H and O–H groups in total. The van der Waals surface area contributed by atoms with E-state index in [0.29, 0.717) is 24.0 Å². The van der Waals surface area contributed by atoms with Crippen LogP contribution in [0.25, 0.3) is 0 Å². The average molecular weight is 356 g/mol. The van der Waals surface area contributed by atoms with E-state index in [2.05, 4.69) is 11.3 Å². The minimum atomic E-state index is -3.74. The minimum absolute atomic E-state index is 0.0347. The fraction of sp³-hybridized carbons (Fsp3) is 0.467. The summed E-state index contributed by atoms with van der Waals surface area (Å²) >= 11 is 1.09. The summed E-state index contributed by atoms with van der Waals surface area (Å²) in [6.07, 6.45) is 1.87. The van der Waals surface area contributed by atoms with Crippen molar-refractivity contribution in [2.75, 3.05) is 23.8 Å². The fourth-order valence-electron chi connectivity index (χ4n) is 2.17. The highest BCUT2D eigenvalue weighted by Crippen LogP contribution is 2.34.